The van der Waals surface area contributed by atoms with Crippen molar-refractivity contribution >= 4 is 38.2 Å². The maximum absolute atomic E-state index is 12.9. The van der Waals surface area contributed by atoms with Gasteiger partial charge in [0.15, 0.2) is 5.76 Å². The van der Waals surface area contributed by atoms with Gasteiger partial charge < -0.3 is 15.6 Å². The number of sulfonamides is 1. The number of carbonyl (C=O) groups is 2. The van der Waals surface area contributed by atoms with Crippen LogP contribution in [-0.4, -0.2) is 67.3 Å². The average molecular weight is 482 g/mol. The van der Waals surface area contributed by atoms with E-state index in [1.54, 1.807) is 13.8 Å². The molecule has 1 fully saturated rings. The Balaban J connectivity index is 1.38. The van der Waals surface area contributed by atoms with Crippen LogP contribution in [0.15, 0.2) is 9.42 Å². The minimum absolute atomic E-state index is 0.111. The summed E-state index contributed by atoms with van der Waals surface area (Å²) in [5, 5.41) is 7.12. The minimum atomic E-state index is -3.70. The Kier molecular flexibility index (Phi) is 6.39. The van der Waals surface area contributed by atoms with Gasteiger partial charge in [0, 0.05) is 31.1 Å². The van der Waals surface area contributed by atoms with Crippen LogP contribution >= 0.6 is 11.3 Å². The van der Waals surface area contributed by atoms with E-state index in [0.717, 1.165) is 36.1 Å². The number of nitrogens with zero attached hydrogens (tertiary/aromatic N) is 3. The molecule has 2 amide bonds. The summed E-state index contributed by atoms with van der Waals surface area (Å²) in [6, 6.07) is 0. The number of hydrogen-bond donors (Lipinski definition) is 2. The average Bonchev–Trinajstić information content (AvgIpc) is 3.27. The molecular weight excluding hydrogens is 454 g/mol. The van der Waals surface area contributed by atoms with Crippen LogP contribution in [0.1, 0.15) is 45.1 Å². The fourth-order valence-electron chi connectivity index (χ4n) is 4.38. The van der Waals surface area contributed by atoms with Crippen molar-refractivity contribution in [1.82, 2.24) is 14.4 Å². The quantitative estimate of drug-likeness (QED) is 0.633. The van der Waals surface area contributed by atoms with E-state index in [4.69, 9.17) is 10.3 Å². The van der Waals surface area contributed by atoms with Crippen molar-refractivity contribution in [1.29, 1.82) is 0 Å². The van der Waals surface area contributed by atoms with E-state index in [2.05, 4.69) is 10.5 Å². The highest BCUT2D eigenvalue weighted by atomic mass is 32.2. The van der Waals surface area contributed by atoms with Crippen molar-refractivity contribution in [2.45, 2.75) is 44.4 Å². The Morgan fingerprint density at radius 3 is 2.47 bits per heavy atom. The summed E-state index contributed by atoms with van der Waals surface area (Å²) in [7, 11) is -3.70. The Morgan fingerprint density at radius 2 is 1.84 bits per heavy atom. The van der Waals surface area contributed by atoms with E-state index in [1.807, 2.05) is 4.90 Å². The lowest BCUT2D eigenvalue weighted by atomic mass is 9.95. The lowest BCUT2D eigenvalue weighted by molar-refractivity contribution is -0.117. The molecule has 1 aliphatic heterocycles. The van der Waals surface area contributed by atoms with E-state index in [-0.39, 0.29) is 36.2 Å². The third-order valence-electron chi connectivity index (χ3n) is 5.93. The normalized spacial score (nSPS) is 17.8. The van der Waals surface area contributed by atoms with E-state index in [0.29, 0.717) is 29.3 Å². The summed E-state index contributed by atoms with van der Waals surface area (Å²) in [5.41, 5.74) is 7.35. The Morgan fingerprint density at radius 1 is 1.16 bits per heavy atom. The number of primary amides is 1. The first kappa shape index (κ1) is 22.9. The molecule has 10 nitrogen and oxygen atoms in total. The maximum atomic E-state index is 12.9. The highest BCUT2D eigenvalue weighted by Crippen LogP contribution is 2.37. The lowest BCUT2D eigenvalue weighted by Gasteiger charge is -2.33. The van der Waals surface area contributed by atoms with Gasteiger partial charge in [0.05, 0.1) is 12.1 Å². The van der Waals surface area contributed by atoms with Crippen molar-refractivity contribution in [2.75, 3.05) is 38.0 Å². The summed E-state index contributed by atoms with van der Waals surface area (Å²) in [5.74, 6) is -0.487. The zero-order valence-electron chi connectivity index (χ0n) is 18.1. The molecule has 0 saturated carbocycles. The van der Waals surface area contributed by atoms with Gasteiger partial charge in [0.1, 0.15) is 15.6 Å². The molecule has 0 unspecified atom stereocenters. The van der Waals surface area contributed by atoms with Gasteiger partial charge in [-0.25, -0.2) is 8.42 Å². The fourth-order valence-corrected chi connectivity index (χ4v) is 7.41. The number of nitrogens with two attached hydrogens (primary N) is 1. The van der Waals surface area contributed by atoms with Gasteiger partial charge in [0.2, 0.25) is 15.9 Å². The van der Waals surface area contributed by atoms with Crippen LogP contribution in [0.4, 0.5) is 5.00 Å². The number of rotatable bonds is 6. The van der Waals surface area contributed by atoms with E-state index in [1.165, 1.54) is 15.6 Å². The zero-order chi connectivity index (χ0) is 23.0. The second-order valence-electron chi connectivity index (χ2n) is 8.16. The Bertz CT molecular complexity index is 1130. The van der Waals surface area contributed by atoms with Crippen LogP contribution in [0.2, 0.25) is 0 Å². The fraction of sp³-hybridized carbons (Fsp3) is 0.550. The van der Waals surface area contributed by atoms with Crippen LogP contribution in [0.3, 0.4) is 0 Å². The molecule has 174 valence electrons. The first-order valence-corrected chi connectivity index (χ1v) is 12.8. The van der Waals surface area contributed by atoms with Gasteiger partial charge in [-0.2, -0.15) is 4.31 Å². The third-order valence-corrected chi connectivity index (χ3v) is 9.29. The predicted molar refractivity (Wildman–Crippen MR) is 119 cm³/mol. The monoisotopic (exact) mass is 481 g/mol. The SMILES string of the molecule is Cc1noc(C)c1S(=O)(=O)N1CCN(CC(=O)Nc2sc3c(c2C(N)=O)CCCC3)CC1. The standard InChI is InChI=1S/C20H27N5O5S2/c1-12-18(13(2)30-23-12)32(28,29)25-9-7-24(8-10-25)11-16(26)22-20-17(19(21)27)14-5-3-4-6-15(14)31-20/h3-11H2,1-2H3,(H2,21,27)(H,22,26). The summed E-state index contributed by atoms with van der Waals surface area (Å²) in [6.07, 6.45) is 3.79. The highest BCUT2D eigenvalue weighted by molar-refractivity contribution is 7.89. The van der Waals surface area contributed by atoms with Crippen molar-refractivity contribution in [3.63, 3.8) is 0 Å². The highest BCUT2D eigenvalue weighted by Gasteiger charge is 2.34. The van der Waals surface area contributed by atoms with Crippen molar-refractivity contribution in [2.24, 2.45) is 5.73 Å². The van der Waals surface area contributed by atoms with Gasteiger partial charge in [0.25, 0.3) is 5.91 Å². The molecule has 2 aliphatic rings. The van der Waals surface area contributed by atoms with Crippen LogP contribution in [0.5, 0.6) is 0 Å². The van der Waals surface area contributed by atoms with Crippen LogP contribution in [-0.2, 0) is 27.7 Å². The molecule has 3 N–H and O–H groups in total. The number of piperazine rings is 1. The summed E-state index contributed by atoms with van der Waals surface area (Å²) in [6.45, 7) is 4.65. The number of anilines is 1. The topological polar surface area (TPSA) is 139 Å². The van der Waals surface area contributed by atoms with Gasteiger partial charge in [-0.15, -0.1) is 11.3 Å². The molecule has 4 rings (SSSR count). The van der Waals surface area contributed by atoms with Gasteiger partial charge >= 0.3 is 0 Å². The van der Waals surface area contributed by atoms with Crippen LogP contribution in [0, 0.1) is 13.8 Å². The van der Waals surface area contributed by atoms with E-state index >= 15 is 0 Å². The van der Waals surface area contributed by atoms with Gasteiger partial charge in [-0.05, 0) is 45.1 Å². The molecular formula is C20H27N5O5S2. The second-order valence-corrected chi connectivity index (χ2v) is 11.1. The maximum Gasteiger partial charge on any atom is 0.251 e. The van der Waals surface area contributed by atoms with Crippen LogP contribution < -0.4 is 11.1 Å². The zero-order valence-corrected chi connectivity index (χ0v) is 19.8. The number of nitrogens with one attached hydrogen (secondary N) is 1. The van der Waals surface area contributed by atoms with Crippen molar-refractivity contribution in [3.05, 3.63) is 27.5 Å². The molecule has 3 heterocycles. The number of fused-ring (bicyclic) bond motifs is 1. The van der Waals surface area contributed by atoms with Gasteiger partial charge in [-0.1, -0.05) is 5.16 Å². The second kappa shape index (κ2) is 8.93. The molecule has 0 radical (unpaired) electrons. The lowest BCUT2D eigenvalue weighted by Crippen LogP contribution is -2.50. The summed E-state index contributed by atoms with van der Waals surface area (Å²) >= 11 is 1.43. The number of aromatic nitrogens is 1. The smallest absolute Gasteiger partial charge is 0.251 e. The molecule has 2 aromatic rings. The molecule has 0 aromatic carbocycles. The number of aryl methyl sites for hydroxylation is 3. The summed E-state index contributed by atoms with van der Waals surface area (Å²) in [4.78, 5) is 27.8. The van der Waals surface area contributed by atoms with Crippen LogP contribution in [0.25, 0.3) is 0 Å². The molecule has 1 aliphatic carbocycles. The van der Waals surface area contributed by atoms with Crippen molar-refractivity contribution in [3.8, 4) is 0 Å². The number of thiophene rings is 1. The number of hydrogen-bond acceptors (Lipinski definition) is 8. The molecule has 32 heavy (non-hydrogen) atoms. The molecule has 0 spiro atoms. The molecule has 12 heteroatoms. The Hall–Kier alpha value is -2.28. The largest absolute Gasteiger partial charge is 0.365 e. The molecule has 0 atom stereocenters. The van der Waals surface area contributed by atoms with Gasteiger partial charge in [-0.3, -0.25) is 14.5 Å². The first-order chi connectivity index (χ1) is 15.2. The first-order valence-electron chi connectivity index (χ1n) is 10.6. The molecule has 2 aromatic heterocycles. The minimum Gasteiger partial charge on any atom is -0.365 e. The third kappa shape index (κ3) is 4.32. The number of carbonyl (C=O) groups excluding carboxylic acids is 2. The molecule has 1 saturated heterocycles. The Labute approximate surface area is 190 Å². The van der Waals surface area contributed by atoms with Crippen molar-refractivity contribution < 1.29 is 22.5 Å². The molecule has 0 bridgehead atoms. The predicted octanol–water partition coefficient (Wildman–Crippen LogP) is 1.28. The van der Waals surface area contributed by atoms with E-state index in [9.17, 15) is 18.0 Å². The number of amides is 2. The van der Waals surface area contributed by atoms with E-state index < -0.39 is 15.9 Å². The summed E-state index contributed by atoms with van der Waals surface area (Å²) < 4.78 is 32.3.